The molecule has 484 valence electrons. The average molecular weight is 1170 g/mol. The van der Waals surface area contributed by atoms with Crippen LogP contribution in [0.2, 0.25) is 0 Å². The third-order valence-electron chi connectivity index (χ3n) is 16.4. The van der Waals surface area contributed by atoms with Crippen molar-refractivity contribution in [3.63, 3.8) is 0 Å². The molecule has 0 aliphatic carbocycles. The van der Waals surface area contributed by atoms with Gasteiger partial charge in [0.1, 0.15) is 24.4 Å². The number of hydrogen-bond acceptors (Lipinski definition) is 10. The standard InChI is InChI=1S/C72H131NO10/c1-4-7-10-13-16-19-22-25-27-28-29-30-31-32-33-34-35-36-37-39-41-44-47-50-53-56-59-65(76)71(80)73-63(64(75)58-55-52-49-46-43-40-24-21-18-15-12-9-6-3)62-81-72-70(69(79)68(78)66(61-74)82-72)83-67(77)60-57-54-51-48-45-42-38-26-23-20-17-14-11-8-5-2/h16-17,19-20,23,25-27,55,58,63-66,68-70,72,74-76,78-79H,4-15,18,21-22,24,28-54,56-57,59-62H2,1-3H3,(H,73,80)/b19-16-,20-17+,26-23+,27-25-,58-55+. The van der Waals surface area contributed by atoms with Crippen LogP contribution in [0.5, 0.6) is 0 Å². The molecule has 8 unspecified atom stereocenters. The van der Waals surface area contributed by atoms with E-state index in [0.29, 0.717) is 19.3 Å². The van der Waals surface area contributed by atoms with E-state index in [4.69, 9.17) is 14.2 Å². The highest BCUT2D eigenvalue weighted by Gasteiger charge is 2.47. The summed E-state index contributed by atoms with van der Waals surface area (Å²) in [6.07, 6.45) is 65.5. The lowest BCUT2D eigenvalue weighted by Gasteiger charge is -2.41. The van der Waals surface area contributed by atoms with E-state index in [-0.39, 0.29) is 13.0 Å². The molecule has 0 bridgehead atoms. The zero-order valence-electron chi connectivity index (χ0n) is 53.8. The lowest BCUT2D eigenvalue weighted by atomic mass is 9.99. The Bertz CT molecular complexity index is 1580. The van der Waals surface area contributed by atoms with Gasteiger partial charge in [0.15, 0.2) is 12.4 Å². The summed E-state index contributed by atoms with van der Waals surface area (Å²) in [4.78, 5) is 26.6. The van der Waals surface area contributed by atoms with E-state index in [2.05, 4.69) is 74.7 Å². The Labute approximate surface area is 509 Å². The molecule has 0 spiro atoms. The van der Waals surface area contributed by atoms with Gasteiger partial charge in [-0.1, -0.05) is 293 Å². The molecule has 0 aromatic carbocycles. The largest absolute Gasteiger partial charge is 0.454 e. The van der Waals surface area contributed by atoms with Crippen molar-refractivity contribution >= 4 is 11.9 Å². The van der Waals surface area contributed by atoms with Gasteiger partial charge in [-0.2, -0.15) is 0 Å². The summed E-state index contributed by atoms with van der Waals surface area (Å²) in [7, 11) is 0. The minimum Gasteiger partial charge on any atom is -0.454 e. The Morgan fingerprint density at radius 3 is 1.33 bits per heavy atom. The van der Waals surface area contributed by atoms with Crippen LogP contribution in [-0.4, -0.2) is 99.6 Å². The molecule has 1 amide bonds. The van der Waals surface area contributed by atoms with Crippen LogP contribution < -0.4 is 5.32 Å². The maximum atomic E-state index is 13.5. The molecular formula is C72H131NO10. The van der Waals surface area contributed by atoms with Crippen LogP contribution in [0, 0.1) is 0 Å². The fraction of sp³-hybridized carbons (Fsp3) is 0.833. The molecule has 1 heterocycles. The maximum Gasteiger partial charge on any atom is 0.306 e. The molecule has 1 aliphatic heterocycles. The van der Waals surface area contributed by atoms with Crippen molar-refractivity contribution in [3.8, 4) is 0 Å². The normalized spacial score (nSPS) is 18.9. The first-order chi connectivity index (χ1) is 40.7. The van der Waals surface area contributed by atoms with Crippen molar-refractivity contribution in [2.75, 3.05) is 13.2 Å². The molecule has 83 heavy (non-hydrogen) atoms. The Morgan fingerprint density at radius 1 is 0.482 bits per heavy atom. The average Bonchev–Trinajstić information content (AvgIpc) is 3.55. The fourth-order valence-corrected chi connectivity index (χ4v) is 10.9. The second-order valence-corrected chi connectivity index (χ2v) is 24.3. The van der Waals surface area contributed by atoms with Gasteiger partial charge in [-0.15, -0.1) is 0 Å². The Kier molecular flexibility index (Phi) is 56.4. The first-order valence-electron chi connectivity index (χ1n) is 35.1. The van der Waals surface area contributed by atoms with Gasteiger partial charge in [-0.3, -0.25) is 9.59 Å². The number of aliphatic hydroxyl groups excluding tert-OH is 5. The van der Waals surface area contributed by atoms with Gasteiger partial charge >= 0.3 is 5.97 Å². The number of esters is 1. The van der Waals surface area contributed by atoms with Crippen molar-refractivity contribution in [2.24, 2.45) is 0 Å². The Morgan fingerprint density at radius 2 is 0.867 bits per heavy atom. The Hall–Kier alpha value is -2.64. The van der Waals surface area contributed by atoms with Crippen LogP contribution in [0.15, 0.2) is 60.8 Å². The summed E-state index contributed by atoms with van der Waals surface area (Å²) < 4.78 is 17.7. The summed E-state index contributed by atoms with van der Waals surface area (Å²) in [5.41, 5.74) is 0. The molecule has 11 heteroatoms. The first kappa shape index (κ1) is 78.4. The second kappa shape index (κ2) is 59.7. The van der Waals surface area contributed by atoms with E-state index in [0.717, 1.165) is 89.9 Å². The molecule has 1 saturated heterocycles. The zero-order valence-corrected chi connectivity index (χ0v) is 53.8. The lowest BCUT2D eigenvalue weighted by Crippen LogP contribution is -2.61. The highest BCUT2D eigenvalue weighted by Crippen LogP contribution is 2.26. The van der Waals surface area contributed by atoms with E-state index in [1.54, 1.807) is 6.08 Å². The molecule has 0 saturated carbocycles. The number of aliphatic hydroxyl groups is 5. The molecule has 0 aromatic heterocycles. The summed E-state index contributed by atoms with van der Waals surface area (Å²) in [5, 5.41) is 57.2. The number of unbranched alkanes of at least 4 members (excludes halogenated alkanes) is 39. The molecule has 6 N–H and O–H groups in total. The van der Waals surface area contributed by atoms with Gasteiger partial charge in [0.2, 0.25) is 5.91 Å². The monoisotopic (exact) mass is 1170 g/mol. The van der Waals surface area contributed by atoms with E-state index < -0.39 is 67.4 Å². The minimum absolute atomic E-state index is 0.111. The van der Waals surface area contributed by atoms with Crippen molar-refractivity contribution in [1.82, 2.24) is 5.32 Å². The number of ether oxygens (including phenoxy) is 3. The second-order valence-electron chi connectivity index (χ2n) is 24.3. The molecule has 8 atom stereocenters. The fourth-order valence-electron chi connectivity index (χ4n) is 10.9. The van der Waals surface area contributed by atoms with Gasteiger partial charge in [0.25, 0.3) is 0 Å². The third kappa shape index (κ3) is 47.2. The van der Waals surface area contributed by atoms with Crippen molar-refractivity contribution in [2.45, 2.75) is 372 Å². The van der Waals surface area contributed by atoms with Crippen LogP contribution in [0.1, 0.15) is 323 Å². The molecule has 1 rings (SSSR count). The molecule has 1 aliphatic rings. The summed E-state index contributed by atoms with van der Waals surface area (Å²) >= 11 is 0. The van der Waals surface area contributed by atoms with Crippen molar-refractivity contribution in [3.05, 3.63) is 60.8 Å². The van der Waals surface area contributed by atoms with Crippen LogP contribution >= 0.6 is 0 Å². The van der Waals surface area contributed by atoms with E-state index in [1.807, 2.05) is 6.08 Å². The number of nitrogens with one attached hydrogen (secondary N) is 1. The molecule has 0 radical (unpaired) electrons. The van der Waals surface area contributed by atoms with E-state index in [1.165, 1.54) is 186 Å². The lowest BCUT2D eigenvalue weighted by molar-refractivity contribution is -0.305. The number of carbonyl (C=O) groups excluding carboxylic acids is 2. The number of amides is 1. The number of hydrogen-bond donors (Lipinski definition) is 6. The Balaban J connectivity index is 2.57. The molecule has 0 aromatic rings. The van der Waals surface area contributed by atoms with Crippen molar-refractivity contribution in [1.29, 1.82) is 0 Å². The van der Waals surface area contributed by atoms with Gasteiger partial charge in [0, 0.05) is 6.42 Å². The number of rotatable bonds is 60. The zero-order chi connectivity index (χ0) is 60.3. The van der Waals surface area contributed by atoms with Gasteiger partial charge in [0.05, 0.1) is 25.4 Å². The molecule has 11 nitrogen and oxygen atoms in total. The predicted molar refractivity (Wildman–Crippen MR) is 347 cm³/mol. The topological polar surface area (TPSA) is 175 Å². The van der Waals surface area contributed by atoms with Crippen LogP contribution in [0.25, 0.3) is 0 Å². The van der Waals surface area contributed by atoms with Gasteiger partial charge in [-0.25, -0.2) is 0 Å². The van der Waals surface area contributed by atoms with E-state index in [9.17, 15) is 35.1 Å². The van der Waals surface area contributed by atoms with E-state index >= 15 is 0 Å². The molecular weight excluding hydrogens is 1040 g/mol. The van der Waals surface area contributed by atoms with Crippen molar-refractivity contribution < 1.29 is 49.3 Å². The highest BCUT2D eigenvalue weighted by atomic mass is 16.7. The minimum atomic E-state index is -1.62. The van der Waals surface area contributed by atoms with Crippen LogP contribution in [0.4, 0.5) is 0 Å². The quantitative estimate of drug-likeness (QED) is 0.0149. The highest BCUT2D eigenvalue weighted by molar-refractivity contribution is 5.80. The smallest absolute Gasteiger partial charge is 0.306 e. The van der Waals surface area contributed by atoms with Crippen LogP contribution in [-0.2, 0) is 23.8 Å². The van der Waals surface area contributed by atoms with Gasteiger partial charge < -0.3 is 45.1 Å². The summed E-state index contributed by atoms with van der Waals surface area (Å²) in [6.45, 7) is 5.76. The molecule has 1 fully saturated rings. The summed E-state index contributed by atoms with van der Waals surface area (Å²) in [6, 6.07) is -1.03. The van der Waals surface area contributed by atoms with Crippen LogP contribution in [0.3, 0.4) is 0 Å². The number of carbonyl (C=O) groups is 2. The third-order valence-corrected chi connectivity index (χ3v) is 16.4. The maximum absolute atomic E-state index is 13.5. The first-order valence-corrected chi connectivity index (χ1v) is 35.1. The summed E-state index contributed by atoms with van der Waals surface area (Å²) in [5.74, 6) is -1.20. The number of allylic oxidation sites excluding steroid dienone is 9. The SMILES string of the molecule is CCCCC/C=C\C/C=C\CCCCCCCCCCCCCCCCCCC(O)C(=O)NC(COC1OC(CO)C(O)C(O)C1OC(=O)CCCCCCCC/C=C/C=C/CCCCC)C(O)/C=C/CCCCCCCCCCCCC. The van der Waals surface area contributed by atoms with Gasteiger partial charge in [-0.05, 0) is 83.5 Å². The predicted octanol–water partition coefficient (Wildman–Crippen LogP) is 17.7.